The van der Waals surface area contributed by atoms with Gasteiger partial charge in [0.1, 0.15) is 12.1 Å². The first-order valence-corrected chi connectivity index (χ1v) is 10.4. The molecule has 29 heavy (non-hydrogen) atoms. The average Bonchev–Trinajstić information content (AvgIpc) is 3.56. The van der Waals surface area contributed by atoms with Gasteiger partial charge in [0, 0.05) is 17.1 Å². The Bertz CT molecular complexity index is 1090. The smallest absolute Gasteiger partial charge is 0.222 e. The Morgan fingerprint density at radius 3 is 2.34 bits per heavy atom. The summed E-state index contributed by atoms with van der Waals surface area (Å²) in [4.78, 5) is 8.81. The molecule has 0 amide bonds. The molecule has 1 aromatic heterocycles. The first-order valence-electron chi connectivity index (χ1n) is 9.23. The molecule has 0 spiro atoms. The first kappa shape index (κ1) is 19.3. The highest BCUT2D eigenvalue weighted by molar-refractivity contribution is 7.73. The summed E-state index contributed by atoms with van der Waals surface area (Å²) in [6, 6.07) is 11.2. The molecule has 4 rings (SSSR count). The molecule has 8 nitrogen and oxygen atoms in total. The van der Waals surface area contributed by atoms with Crippen LogP contribution in [0.1, 0.15) is 24.4 Å². The van der Waals surface area contributed by atoms with Gasteiger partial charge in [-0.15, -0.1) is 0 Å². The fraction of sp³-hybridized carbons (Fsp3) is 0.300. The molecule has 2 N–H and O–H groups in total. The Morgan fingerprint density at radius 1 is 1.03 bits per heavy atom. The number of nitrogens with one attached hydrogen (secondary N) is 2. The Kier molecular flexibility index (Phi) is 5.39. The van der Waals surface area contributed by atoms with Gasteiger partial charge in [0.2, 0.25) is 10.9 Å². The lowest BCUT2D eigenvalue weighted by molar-refractivity contribution is 0.356. The molecule has 1 saturated carbocycles. The normalized spacial score (nSPS) is 14.6. The summed E-state index contributed by atoms with van der Waals surface area (Å²) in [7, 11) is 0.513. The van der Waals surface area contributed by atoms with E-state index in [9.17, 15) is 8.42 Å². The minimum absolute atomic E-state index is 0.0660. The summed E-state index contributed by atoms with van der Waals surface area (Å²) >= 11 is 0. The molecule has 2 aromatic carbocycles. The number of aromatic nitrogens is 2. The minimum atomic E-state index is -2.68. The van der Waals surface area contributed by atoms with Gasteiger partial charge in [-0.1, -0.05) is 12.1 Å². The van der Waals surface area contributed by atoms with Gasteiger partial charge < -0.3 is 14.8 Å². The lowest BCUT2D eigenvalue weighted by Gasteiger charge is -2.21. The van der Waals surface area contributed by atoms with Crippen LogP contribution in [0.3, 0.4) is 0 Å². The Morgan fingerprint density at radius 2 is 1.72 bits per heavy atom. The van der Waals surface area contributed by atoms with E-state index in [0.29, 0.717) is 23.1 Å². The van der Waals surface area contributed by atoms with Crippen LogP contribution in [-0.4, -0.2) is 32.6 Å². The summed E-state index contributed by atoms with van der Waals surface area (Å²) < 4.78 is 34.9. The van der Waals surface area contributed by atoms with Gasteiger partial charge in [-0.25, -0.2) is 18.4 Å². The van der Waals surface area contributed by atoms with Crippen LogP contribution < -0.4 is 19.5 Å². The number of fused-ring (bicyclic) bond motifs is 1. The van der Waals surface area contributed by atoms with Crippen LogP contribution in [0.5, 0.6) is 11.5 Å². The van der Waals surface area contributed by atoms with Crippen LogP contribution in [0.25, 0.3) is 10.9 Å². The monoisotopic (exact) mass is 414 g/mol. The van der Waals surface area contributed by atoms with Gasteiger partial charge in [-0.2, -0.15) is 0 Å². The number of methoxy groups -OCH3 is 2. The molecule has 0 aliphatic heterocycles. The number of nitrogens with zero attached hydrogens (tertiary/aromatic N) is 2. The molecule has 3 aromatic rings. The van der Waals surface area contributed by atoms with Crippen molar-refractivity contribution < 1.29 is 17.9 Å². The van der Waals surface area contributed by atoms with Crippen molar-refractivity contribution in [1.29, 1.82) is 0 Å². The van der Waals surface area contributed by atoms with Crippen molar-refractivity contribution in [1.82, 2.24) is 9.97 Å². The highest BCUT2D eigenvalue weighted by Gasteiger charge is 2.33. The van der Waals surface area contributed by atoms with E-state index in [1.165, 1.54) is 6.33 Å². The van der Waals surface area contributed by atoms with Crippen molar-refractivity contribution in [3.05, 3.63) is 48.3 Å². The quantitative estimate of drug-likeness (QED) is 0.487. The SMILES string of the molecule is COc1cc2ncnc(NC(c3ccc(N[SH](=O)=O)cc3)C3CC3)c2cc1OC. The lowest BCUT2D eigenvalue weighted by Crippen LogP contribution is -2.14. The number of ether oxygens (including phenoxy) is 2. The Labute approximate surface area is 170 Å². The predicted octanol–water partition coefficient (Wildman–Crippen LogP) is 3.15. The molecule has 0 radical (unpaired) electrons. The average molecular weight is 414 g/mol. The molecule has 9 heteroatoms. The topological polar surface area (TPSA) is 102 Å². The Balaban J connectivity index is 1.68. The van der Waals surface area contributed by atoms with Gasteiger partial charge in [0.25, 0.3) is 0 Å². The van der Waals surface area contributed by atoms with Crippen molar-refractivity contribution in [3.8, 4) is 11.5 Å². The first-order chi connectivity index (χ1) is 14.1. The summed E-state index contributed by atoms with van der Waals surface area (Å²) in [5.41, 5.74) is 2.38. The molecule has 0 saturated heterocycles. The van der Waals surface area contributed by atoms with Gasteiger partial charge in [-0.05, 0) is 42.5 Å². The molecule has 1 aliphatic carbocycles. The predicted molar refractivity (Wildman–Crippen MR) is 112 cm³/mol. The van der Waals surface area contributed by atoms with Crippen LogP contribution >= 0.6 is 0 Å². The van der Waals surface area contributed by atoms with Crippen LogP contribution in [-0.2, 0) is 10.9 Å². The van der Waals surface area contributed by atoms with Gasteiger partial charge in [0.15, 0.2) is 11.5 Å². The molecule has 1 unspecified atom stereocenters. The largest absolute Gasteiger partial charge is 0.493 e. The van der Waals surface area contributed by atoms with E-state index in [0.717, 1.165) is 35.1 Å². The molecule has 0 bridgehead atoms. The van der Waals surface area contributed by atoms with Crippen LogP contribution in [0.2, 0.25) is 0 Å². The maximum absolute atomic E-state index is 10.8. The lowest BCUT2D eigenvalue weighted by atomic mass is 10.0. The zero-order valence-electron chi connectivity index (χ0n) is 16.1. The van der Waals surface area contributed by atoms with Gasteiger partial charge >= 0.3 is 0 Å². The summed E-state index contributed by atoms with van der Waals surface area (Å²) in [5, 5.41) is 4.41. The van der Waals surface area contributed by atoms with E-state index in [-0.39, 0.29) is 6.04 Å². The number of rotatable bonds is 8. The number of benzene rings is 2. The number of anilines is 2. The van der Waals surface area contributed by atoms with Crippen molar-refractivity contribution >= 4 is 33.3 Å². The molecule has 1 fully saturated rings. The third-order valence-electron chi connectivity index (χ3n) is 5.02. The zero-order chi connectivity index (χ0) is 20.4. The van der Waals surface area contributed by atoms with Crippen LogP contribution in [0, 0.1) is 5.92 Å². The molecule has 1 atom stereocenters. The van der Waals surface area contributed by atoms with Crippen LogP contribution in [0.15, 0.2) is 42.7 Å². The minimum Gasteiger partial charge on any atom is -0.493 e. The van der Waals surface area contributed by atoms with E-state index in [2.05, 4.69) is 20.0 Å². The molecule has 152 valence electrons. The van der Waals surface area contributed by atoms with E-state index in [4.69, 9.17) is 9.47 Å². The second kappa shape index (κ2) is 8.12. The zero-order valence-corrected chi connectivity index (χ0v) is 17.0. The summed E-state index contributed by atoms with van der Waals surface area (Å²) in [5.74, 6) is 2.44. The molecule has 1 aliphatic rings. The van der Waals surface area contributed by atoms with E-state index in [1.807, 2.05) is 24.3 Å². The number of thiol groups is 1. The number of hydrogen-bond donors (Lipinski definition) is 3. The Hall–Kier alpha value is -3.07. The van der Waals surface area contributed by atoms with Crippen molar-refractivity contribution in [2.75, 3.05) is 24.3 Å². The molecular weight excluding hydrogens is 392 g/mol. The van der Waals surface area contributed by atoms with E-state index >= 15 is 0 Å². The van der Waals surface area contributed by atoms with E-state index < -0.39 is 10.9 Å². The second-order valence-corrected chi connectivity index (χ2v) is 7.63. The second-order valence-electron chi connectivity index (χ2n) is 6.90. The van der Waals surface area contributed by atoms with Gasteiger partial charge in [0.05, 0.1) is 25.8 Å². The summed E-state index contributed by atoms with van der Waals surface area (Å²) in [6.45, 7) is 0. The van der Waals surface area contributed by atoms with Crippen molar-refractivity contribution in [2.45, 2.75) is 18.9 Å². The summed E-state index contributed by atoms with van der Waals surface area (Å²) in [6.07, 6.45) is 3.78. The highest BCUT2D eigenvalue weighted by Crippen LogP contribution is 2.44. The molecule has 1 heterocycles. The third-order valence-corrected chi connectivity index (χ3v) is 5.46. The van der Waals surface area contributed by atoms with Crippen LogP contribution in [0.4, 0.5) is 11.5 Å². The van der Waals surface area contributed by atoms with E-state index in [1.54, 1.807) is 26.4 Å². The standard InChI is InChI=1S/C20H22N4O4S/c1-27-17-9-15-16(10-18(17)28-2)21-11-22-20(15)23-19(12-3-4-12)13-5-7-14(8-6-13)24-29(25)26/h5-12,19,29H,3-4H2,1-2H3,(H,21,22,23)(H,24,25,26). The highest BCUT2D eigenvalue weighted by atomic mass is 32.2. The molecular formula is C20H22N4O4S. The number of hydrogen-bond acceptors (Lipinski definition) is 7. The van der Waals surface area contributed by atoms with Crippen molar-refractivity contribution in [2.24, 2.45) is 5.92 Å². The maximum Gasteiger partial charge on any atom is 0.222 e. The fourth-order valence-electron chi connectivity index (χ4n) is 3.42. The van der Waals surface area contributed by atoms with Gasteiger partial charge in [-0.3, -0.25) is 4.72 Å². The maximum atomic E-state index is 10.8. The van der Waals surface area contributed by atoms with Crippen molar-refractivity contribution in [3.63, 3.8) is 0 Å². The third kappa shape index (κ3) is 4.19. The fourth-order valence-corrected chi connectivity index (χ4v) is 3.78.